The largest absolute Gasteiger partial charge is 0.352 e. The van der Waals surface area contributed by atoms with E-state index in [-0.39, 0.29) is 5.82 Å². The summed E-state index contributed by atoms with van der Waals surface area (Å²) in [5, 5.41) is 10.5. The molecule has 0 bridgehead atoms. The summed E-state index contributed by atoms with van der Waals surface area (Å²) in [6.45, 7) is 4.09. The maximum absolute atomic E-state index is 13.8. The molecule has 1 aromatic carbocycles. The van der Waals surface area contributed by atoms with Crippen LogP contribution in [0.25, 0.3) is 22.8 Å². The van der Waals surface area contributed by atoms with E-state index in [2.05, 4.69) is 38.1 Å². The highest BCUT2D eigenvalue weighted by Crippen LogP contribution is 2.34. The molecule has 0 aliphatic heterocycles. The molecule has 0 unspecified atom stereocenters. The summed E-state index contributed by atoms with van der Waals surface area (Å²) in [4.78, 5) is 12.4. The zero-order valence-corrected chi connectivity index (χ0v) is 16.1. The van der Waals surface area contributed by atoms with Gasteiger partial charge in [0.25, 0.3) is 0 Å². The predicted molar refractivity (Wildman–Crippen MR) is 115 cm³/mol. The van der Waals surface area contributed by atoms with Crippen molar-refractivity contribution >= 4 is 17.0 Å². The molecule has 0 fully saturated rings. The number of fused-ring (bicyclic) bond motifs is 1. The van der Waals surface area contributed by atoms with E-state index in [1.807, 2.05) is 18.2 Å². The fourth-order valence-electron chi connectivity index (χ4n) is 3.64. The molecule has 0 radical (unpaired) electrons. The Morgan fingerprint density at radius 3 is 2.93 bits per heavy atom. The number of anilines is 1. The van der Waals surface area contributed by atoms with Gasteiger partial charge in [-0.1, -0.05) is 24.8 Å². The number of nitrogens with one attached hydrogen (secondary N) is 3. The molecule has 0 spiro atoms. The van der Waals surface area contributed by atoms with Crippen molar-refractivity contribution in [3.8, 4) is 11.5 Å². The van der Waals surface area contributed by atoms with Crippen LogP contribution in [0.4, 0.5) is 10.1 Å². The molecule has 148 valence electrons. The molecule has 0 saturated heterocycles. The lowest BCUT2D eigenvalue weighted by atomic mass is 9.94. The first kappa shape index (κ1) is 18.1. The van der Waals surface area contributed by atoms with Gasteiger partial charge in [0, 0.05) is 34.9 Å². The third kappa shape index (κ3) is 3.30. The molecule has 0 atom stereocenters. The molecule has 0 saturated carbocycles. The second-order valence-electron chi connectivity index (χ2n) is 7.08. The lowest BCUT2D eigenvalue weighted by molar-refractivity contribution is 0.627. The number of allylic oxidation sites excluding steroid dienone is 1. The SMILES string of the molecule is C=C(Nc1cn[nH]c1-c1nc2c([nH]1)CCC=C2c1cccc(F)c1)c1cccnc1. The number of nitrogens with zero attached hydrogens (tertiary/aromatic N) is 3. The topological polar surface area (TPSA) is 82.3 Å². The van der Waals surface area contributed by atoms with Crippen LogP contribution in [0.2, 0.25) is 0 Å². The molecule has 3 heterocycles. The molecule has 1 aliphatic carbocycles. The number of benzene rings is 1. The minimum absolute atomic E-state index is 0.259. The number of aryl methyl sites for hydroxylation is 1. The molecular weight excluding hydrogens is 379 g/mol. The Kier molecular flexibility index (Phi) is 4.48. The number of aromatic amines is 2. The molecular formula is C23H19FN6. The predicted octanol–water partition coefficient (Wildman–Crippen LogP) is 4.79. The van der Waals surface area contributed by atoms with Crippen molar-refractivity contribution in [1.29, 1.82) is 0 Å². The van der Waals surface area contributed by atoms with Crippen molar-refractivity contribution in [3.63, 3.8) is 0 Å². The Labute approximate surface area is 172 Å². The summed E-state index contributed by atoms with van der Waals surface area (Å²) in [6.07, 6.45) is 8.99. The lowest BCUT2D eigenvalue weighted by Crippen LogP contribution is -2.00. The van der Waals surface area contributed by atoms with Crippen molar-refractivity contribution in [2.24, 2.45) is 0 Å². The summed E-state index contributed by atoms with van der Waals surface area (Å²) in [6, 6.07) is 10.4. The fourth-order valence-corrected chi connectivity index (χ4v) is 3.64. The summed E-state index contributed by atoms with van der Waals surface area (Å²) in [5.74, 6) is 0.411. The number of hydrogen-bond acceptors (Lipinski definition) is 4. The summed E-state index contributed by atoms with van der Waals surface area (Å²) < 4.78 is 13.8. The van der Waals surface area contributed by atoms with Crippen molar-refractivity contribution in [2.45, 2.75) is 12.8 Å². The minimum atomic E-state index is -0.259. The van der Waals surface area contributed by atoms with Crippen LogP contribution >= 0.6 is 0 Å². The highest BCUT2D eigenvalue weighted by atomic mass is 19.1. The number of H-pyrrole nitrogens is 2. The Hall–Kier alpha value is -4.00. The monoisotopic (exact) mass is 398 g/mol. The van der Waals surface area contributed by atoms with Crippen molar-refractivity contribution in [1.82, 2.24) is 25.1 Å². The number of halogens is 1. The van der Waals surface area contributed by atoms with Crippen molar-refractivity contribution in [3.05, 3.63) is 96.0 Å². The van der Waals surface area contributed by atoms with Gasteiger partial charge >= 0.3 is 0 Å². The average molecular weight is 398 g/mol. The van der Waals surface area contributed by atoms with E-state index in [4.69, 9.17) is 4.98 Å². The van der Waals surface area contributed by atoms with E-state index >= 15 is 0 Å². The fraction of sp³-hybridized carbons (Fsp3) is 0.0870. The van der Waals surface area contributed by atoms with Gasteiger partial charge in [0.2, 0.25) is 0 Å². The smallest absolute Gasteiger partial charge is 0.158 e. The Balaban J connectivity index is 1.47. The molecule has 3 N–H and O–H groups in total. The van der Waals surface area contributed by atoms with Gasteiger partial charge in [-0.25, -0.2) is 9.37 Å². The Morgan fingerprint density at radius 1 is 1.17 bits per heavy atom. The van der Waals surface area contributed by atoms with Crippen LogP contribution in [-0.4, -0.2) is 25.1 Å². The number of aromatic nitrogens is 5. The van der Waals surface area contributed by atoms with Crippen LogP contribution in [0.3, 0.4) is 0 Å². The average Bonchev–Trinajstić information content (AvgIpc) is 3.40. The first-order valence-electron chi connectivity index (χ1n) is 9.64. The number of pyridine rings is 1. The van der Waals surface area contributed by atoms with E-state index in [1.165, 1.54) is 12.1 Å². The second-order valence-corrected chi connectivity index (χ2v) is 7.08. The highest BCUT2D eigenvalue weighted by Gasteiger charge is 2.22. The molecule has 1 aliphatic rings. The zero-order valence-electron chi connectivity index (χ0n) is 16.1. The Morgan fingerprint density at radius 2 is 2.10 bits per heavy atom. The third-order valence-corrected chi connectivity index (χ3v) is 5.08. The molecule has 0 amide bonds. The molecule has 5 rings (SSSR count). The molecule has 7 heteroatoms. The van der Waals surface area contributed by atoms with Gasteiger partial charge < -0.3 is 10.3 Å². The van der Waals surface area contributed by atoms with Crippen LogP contribution in [0, 0.1) is 5.82 Å². The van der Waals surface area contributed by atoms with E-state index in [0.29, 0.717) is 11.5 Å². The summed E-state index contributed by atoms with van der Waals surface area (Å²) >= 11 is 0. The van der Waals surface area contributed by atoms with Crippen molar-refractivity contribution < 1.29 is 4.39 Å². The third-order valence-electron chi connectivity index (χ3n) is 5.08. The van der Waals surface area contributed by atoms with Gasteiger partial charge in [-0.15, -0.1) is 0 Å². The van der Waals surface area contributed by atoms with Gasteiger partial charge in [-0.3, -0.25) is 10.1 Å². The lowest BCUT2D eigenvalue weighted by Gasteiger charge is -2.12. The summed E-state index contributed by atoms with van der Waals surface area (Å²) in [7, 11) is 0. The van der Waals surface area contributed by atoms with Crippen LogP contribution in [0.1, 0.15) is 28.9 Å². The minimum Gasteiger partial charge on any atom is -0.352 e. The van der Waals surface area contributed by atoms with E-state index < -0.39 is 0 Å². The summed E-state index contributed by atoms with van der Waals surface area (Å²) in [5.41, 5.74) is 6.71. The van der Waals surface area contributed by atoms with Gasteiger partial charge in [0.1, 0.15) is 11.5 Å². The number of rotatable bonds is 5. The second kappa shape index (κ2) is 7.44. The van der Waals surface area contributed by atoms with Gasteiger partial charge in [0.05, 0.1) is 17.6 Å². The normalized spacial score (nSPS) is 12.9. The van der Waals surface area contributed by atoms with Crippen LogP contribution in [-0.2, 0) is 6.42 Å². The van der Waals surface area contributed by atoms with Crippen LogP contribution in [0.5, 0.6) is 0 Å². The van der Waals surface area contributed by atoms with Gasteiger partial charge in [-0.05, 0) is 42.7 Å². The number of hydrogen-bond donors (Lipinski definition) is 3. The van der Waals surface area contributed by atoms with E-state index in [9.17, 15) is 4.39 Å². The van der Waals surface area contributed by atoms with Crippen LogP contribution in [0.15, 0.2) is 67.6 Å². The molecule has 3 aromatic heterocycles. The first-order chi connectivity index (χ1) is 14.7. The maximum atomic E-state index is 13.8. The van der Waals surface area contributed by atoms with Gasteiger partial charge in [-0.2, -0.15) is 5.10 Å². The molecule has 4 aromatic rings. The number of imidazole rings is 1. The first-order valence-corrected chi connectivity index (χ1v) is 9.64. The van der Waals surface area contributed by atoms with Gasteiger partial charge in [0.15, 0.2) is 5.82 Å². The van der Waals surface area contributed by atoms with E-state index in [0.717, 1.165) is 52.3 Å². The van der Waals surface area contributed by atoms with E-state index in [1.54, 1.807) is 24.7 Å². The Bertz CT molecular complexity index is 1250. The highest BCUT2D eigenvalue weighted by molar-refractivity contribution is 5.84. The van der Waals surface area contributed by atoms with Crippen molar-refractivity contribution in [2.75, 3.05) is 5.32 Å². The standard InChI is InChI=1S/C23H19FN6/c1-14(16-6-4-10-25-12-16)27-20-13-26-30-22(20)23-28-19-9-3-8-18(21(19)29-23)15-5-2-7-17(24)11-15/h2,4-8,10-13,27H,1,3,9H2,(H,26,30)(H,28,29). The van der Waals surface area contributed by atoms with Crippen LogP contribution < -0.4 is 5.32 Å². The zero-order chi connectivity index (χ0) is 20.5. The quantitative estimate of drug-likeness (QED) is 0.451. The molecule has 30 heavy (non-hydrogen) atoms. The molecule has 6 nitrogen and oxygen atoms in total. The maximum Gasteiger partial charge on any atom is 0.158 e.